The minimum atomic E-state index is -2.32. The second-order valence-electron chi connectivity index (χ2n) is 10.3. The Morgan fingerprint density at radius 3 is 2.53 bits per heavy atom. The highest BCUT2D eigenvalue weighted by Crippen LogP contribution is 2.29. The van der Waals surface area contributed by atoms with E-state index in [1.54, 1.807) is 4.90 Å². The first-order chi connectivity index (χ1) is 17.5. The molecule has 4 heterocycles. The fourth-order valence-corrected chi connectivity index (χ4v) is 5.63. The van der Waals surface area contributed by atoms with Crippen LogP contribution in [0.3, 0.4) is 0 Å². The number of piperidine rings is 2. The van der Waals surface area contributed by atoms with Crippen molar-refractivity contribution in [3.05, 3.63) is 48.0 Å². The molecule has 2 aliphatic rings. The lowest BCUT2D eigenvalue weighted by Crippen LogP contribution is -2.39. The number of rotatable bonds is 8. The maximum atomic E-state index is 12.9. The van der Waals surface area contributed by atoms with Crippen LogP contribution in [0.1, 0.15) is 43.5 Å². The molecule has 0 unspecified atom stereocenters. The Morgan fingerprint density at radius 1 is 1.00 bits per heavy atom. The van der Waals surface area contributed by atoms with Gasteiger partial charge in [0, 0.05) is 48.8 Å². The fraction of sp³-hybridized carbons (Fsp3) is 0.536. The van der Waals surface area contributed by atoms with E-state index in [1.165, 1.54) is 25.0 Å². The van der Waals surface area contributed by atoms with Gasteiger partial charge in [-0.3, -0.25) is 24.3 Å². The SMILES string of the molecule is Cn1ncc(-c2ccc3cnc(CC(=O)C4CCN(CC(F)F)CC4)cc3c2)c1CN1CCCCC1. The third-order valence-electron chi connectivity index (χ3n) is 7.77. The molecule has 0 N–H and O–H groups in total. The molecule has 0 saturated carbocycles. The average molecular weight is 496 g/mol. The van der Waals surface area contributed by atoms with E-state index in [9.17, 15) is 13.6 Å². The summed E-state index contributed by atoms with van der Waals surface area (Å²) in [6.45, 7) is 4.08. The van der Waals surface area contributed by atoms with Crippen LogP contribution >= 0.6 is 0 Å². The predicted octanol–water partition coefficient (Wildman–Crippen LogP) is 4.71. The number of hydrogen-bond donors (Lipinski definition) is 0. The van der Waals surface area contributed by atoms with Gasteiger partial charge in [-0.05, 0) is 74.9 Å². The number of halogens is 2. The second kappa shape index (κ2) is 11.1. The molecule has 192 valence electrons. The summed E-state index contributed by atoms with van der Waals surface area (Å²) in [5, 5.41) is 6.65. The summed E-state index contributed by atoms with van der Waals surface area (Å²) in [6.07, 6.45) is 6.87. The van der Waals surface area contributed by atoms with Crippen LogP contribution in [-0.4, -0.2) is 69.5 Å². The molecule has 2 saturated heterocycles. The lowest BCUT2D eigenvalue weighted by molar-refractivity contribution is -0.123. The van der Waals surface area contributed by atoms with Crippen molar-refractivity contribution in [2.45, 2.75) is 51.5 Å². The zero-order chi connectivity index (χ0) is 25.1. The van der Waals surface area contributed by atoms with Gasteiger partial charge in [0.1, 0.15) is 5.78 Å². The number of alkyl halides is 2. The van der Waals surface area contributed by atoms with E-state index in [0.717, 1.165) is 47.2 Å². The molecule has 0 radical (unpaired) electrons. The van der Waals surface area contributed by atoms with Crippen LogP contribution in [0.5, 0.6) is 0 Å². The lowest BCUT2D eigenvalue weighted by atomic mass is 9.90. The van der Waals surface area contributed by atoms with E-state index >= 15 is 0 Å². The quantitative estimate of drug-likeness (QED) is 0.453. The zero-order valence-corrected chi connectivity index (χ0v) is 21.0. The number of carbonyl (C=O) groups excluding carboxylic acids is 1. The Kier molecular flexibility index (Phi) is 7.72. The summed E-state index contributed by atoms with van der Waals surface area (Å²) in [7, 11) is 2.01. The Labute approximate surface area is 211 Å². The maximum Gasteiger partial charge on any atom is 0.251 e. The highest BCUT2D eigenvalue weighted by Gasteiger charge is 2.26. The van der Waals surface area contributed by atoms with E-state index < -0.39 is 6.43 Å². The molecule has 6 nitrogen and oxygen atoms in total. The molecule has 2 aliphatic heterocycles. The van der Waals surface area contributed by atoms with Crippen molar-refractivity contribution in [1.82, 2.24) is 24.6 Å². The van der Waals surface area contributed by atoms with Gasteiger partial charge in [0.25, 0.3) is 6.43 Å². The number of pyridine rings is 1. The monoisotopic (exact) mass is 495 g/mol. The molecule has 5 rings (SSSR count). The Bertz CT molecular complexity index is 1200. The number of carbonyl (C=O) groups is 1. The maximum absolute atomic E-state index is 12.9. The van der Waals surface area contributed by atoms with E-state index in [4.69, 9.17) is 0 Å². The normalized spacial score (nSPS) is 18.3. The Hall–Kier alpha value is -2.71. The molecule has 2 fully saturated rings. The highest BCUT2D eigenvalue weighted by atomic mass is 19.3. The first kappa shape index (κ1) is 25.0. The van der Waals surface area contributed by atoms with E-state index in [2.05, 4.69) is 33.2 Å². The van der Waals surface area contributed by atoms with Crippen molar-refractivity contribution < 1.29 is 13.6 Å². The molecular weight excluding hydrogens is 460 g/mol. The van der Waals surface area contributed by atoms with Gasteiger partial charge >= 0.3 is 0 Å². The van der Waals surface area contributed by atoms with E-state index in [1.807, 2.05) is 30.2 Å². The van der Waals surface area contributed by atoms with Gasteiger partial charge in [0.05, 0.1) is 18.4 Å². The topological polar surface area (TPSA) is 54.3 Å². The molecule has 8 heteroatoms. The summed E-state index contributed by atoms with van der Waals surface area (Å²) < 4.78 is 27.2. The van der Waals surface area contributed by atoms with Crippen LogP contribution in [0.25, 0.3) is 21.9 Å². The summed E-state index contributed by atoms with van der Waals surface area (Å²) in [5.74, 6) is 0.0845. The van der Waals surface area contributed by atoms with Gasteiger partial charge in [-0.2, -0.15) is 5.10 Å². The molecule has 0 atom stereocenters. The van der Waals surface area contributed by atoms with Gasteiger partial charge in [0.2, 0.25) is 0 Å². The third kappa shape index (κ3) is 5.81. The van der Waals surface area contributed by atoms with Gasteiger partial charge in [0.15, 0.2) is 0 Å². The summed E-state index contributed by atoms with van der Waals surface area (Å²) >= 11 is 0. The van der Waals surface area contributed by atoms with Crippen LogP contribution < -0.4 is 0 Å². The molecule has 0 amide bonds. The van der Waals surface area contributed by atoms with Crippen molar-refractivity contribution in [1.29, 1.82) is 0 Å². The van der Waals surface area contributed by atoms with Crippen LogP contribution in [0.15, 0.2) is 36.7 Å². The number of aryl methyl sites for hydroxylation is 1. The van der Waals surface area contributed by atoms with Gasteiger partial charge in [-0.1, -0.05) is 18.6 Å². The molecule has 0 bridgehead atoms. The van der Waals surface area contributed by atoms with Crippen LogP contribution in [0.2, 0.25) is 0 Å². The highest BCUT2D eigenvalue weighted by molar-refractivity contribution is 5.89. The van der Waals surface area contributed by atoms with Crippen LogP contribution in [0, 0.1) is 5.92 Å². The Balaban J connectivity index is 1.30. The molecule has 0 spiro atoms. The molecule has 0 aliphatic carbocycles. The van der Waals surface area contributed by atoms with Crippen molar-refractivity contribution >= 4 is 16.6 Å². The first-order valence-electron chi connectivity index (χ1n) is 13.1. The summed E-state index contributed by atoms with van der Waals surface area (Å²) in [5.41, 5.74) is 4.26. The van der Waals surface area contributed by atoms with Crippen molar-refractivity contribution in [3.8, 4) is 11.1 Å². The first-order valence-corrected chi connectivity index (χ1v) is 13.1. The largest absolute Gasteiger partial charge is 0.299 e. The van der Waals surface area contributed by atoms with Crippen LogP contribution in [-0.2, 0) is 24.8 Å². The van der Waals surface area contributed by atoms with Crippen molar-refractivity contribution in [3.63, 3.8) is 0 Å². The molecule has 36 heavy (non-hydrogen) atoms. The number of fused-ring (bicyclic) bond motifs is 1. The number of hydrogen-bond acceptors (Lipinski definition) is 5. The molecule has 2 aromatic heterocycles. The number of ketones is 1. The Morgan fingerprint density at radius 2 is 1.78 bits per heavy atom. The number of likely N-dealkylation sites (tertiary alicyclic amines) is 2. The predicted molar refractivity (Wildman–Crippen MR) is 137 cm³/mol. The smallest absolute Gasteiger partial charge is 0.251 e. The standard InChI is InChI=1S/C28H35F2N5O/c1-33-26(18-34-9-3-2-4-10-34)25(17-32-33)21-5-6-22-16-31-24(14-23(22)13-21)15-27(36)20-7-11-35(12-8-20)19-28(29)30/h5-6,13-14,16-17,20,28H,2-4,7-12,15,18-19H2,1H3. The number of Topliss-reactive ketones (excluding diaryl/α,β-unsaturated/α-hetero) is 1. The van der Waals surface area contributed by atoms with Gasteiger partial charge < -0.3 is 0 Å². The number of aromatic nitrogens is 3. The number of benzene rings is 1. The molecule has 1 aromatic carbocycles. The summed E-state index contributed by atoms with van der Waals surface area (Å²) in [6, 6.07) is 8.40. The lowest BCUT2D eigenvalue weighted by Gasteiger charge is -2.30. The average Bonchev–Trinajstić information content (AvgIpc) is 3.24. The van der Waals surface area contributed by atoms with E-state index in [-0.39, 0.29) is 24.7 Å². The zero-order valence-electron chi connectivity index (χ0n) is 21.0. The van der Waals surface area contributed by atoms with Crippen molar-refractivity contribution in [2.24, 2.45) is 13.0 Å². The minimum absolute atomic E-state index is 0.0736. The van der Waals surface area contributed by atoms with Crippen LogP contribution in [0.4, 0.5) is 8.78 Å². The molecular formula is C28H35F2N5O. The summed E-state index contributed by atoms with van der Waals surface area (Å²) in [4.78, 5) is 21.7. The minimum Gasteiger partial charge on any atom is -0.299 e. The van der Waals surface area contributed by atoms with Gasteiger partial charge in [-0.25, -0.2) is 8.78 Å². The van der Waals surface area contributed by atoms with E-state index in [0.29, 0.717) is 25.9 Å². The van der Waals surface area contributed by atoms with Crippen molar-refractivity contribution in [2.75, 3.05) is 32.7 Å². The van der Waals surface area contributed by atoms with Gasteiger partial charge in [-0.15, -0.1) is 0 Å². The number of nitrogens with zero attached hydrogens (tertiary/aromatic N) is 5. The second-order valence-corrected chi connectivity index (χ2v) is 10.3. The third-order valence-corrected chi connectivity index (χ3v) is 7.77. The molecule has 3 aromatic rings. The fourth-order valence-electron chi connectivity index (χ4n) is 5.63.